The molecule has 0 atom stereocenters. The Balaban J connectivity index is -0.000000961. The van der Waals surface area contributed by atoms with Crippen LogP contribution in [-0.2, 0) is 42.3 Å². The van der Waals surface area contributed by atoms with Crippen molar-refractivity contribution in [3.63, 3.8) is 0 Å². The van der Waals surface area contributed by atoms with Gasteiger partial charge in [0.25, 0.3) is 0 Å². The zero-order valence-electron chi connectivity index (χ0n) is 17.1. The second kappa shape index (κ2) is 16.5. The van der Waals surface area contributed by atoms with Gasteiger partial charge in [-0.25, -0.2) is 43.9 Å². The van der Waals surface area contributed by atoms with Crippen molar-refractivity contribution in [1.29, 1.82) is 0 Å². The van der Waals surface area contributed by atoms with Crippen LogP contribution in [0.25, 0.3) is 0 Å². The number of hydrogen-bond donors (Lipinski definition) is 3. The molecule has 0 fully saturated rings. The topological polar surface area (TPSA) is 142 Å². The van der Waals surface area contributed by atoms with E-state index in [1.54, 1.807) is 0 Å². The van der Waals surface area contributed by atoms with Gasteiger partial charge in [0.05, 0.1) is 33.2 Å². The van der Waals surface area contributed by atoms with Crippen molar-refractivity contribution in [3.8, 4) is 0 Å². The van der Waals surface area contributed by atoms with Crippen LogP contribution in [0.5, 0.6) is 0 Å². The molecule has 2 aromatic carbocycles. The summed E-state index contributed by atoms with van der Waals surface area (Å²) in [6.07, 6.45) is 0. The van der Waals surface area contributed by atoms with Crippen LogP contribution in [0.3, 0.4) is 0 Å². The summed E-state index contributed by atoms with van der Waals surface area (Å²) in [6, 6.07) is 0. The molecule has 0 aliphatic carbocycles. The second-order valence-corrected chi connectivity index (χ2v) is 6.20. The Bertz CT molecular complexity index is 841. The minimum Gasteiger partial charge on any atom is -2.00 e. The number of quaternary nitrogens is 1. The normalized spacial score (nSPS) is 9.71. The van der Waals surface area contributed by atoms with Crippen LogP contribution in [0.15, 0.2) is 0 Å². The predicted molar refractivity (Wildman–Crippen MR) is 88.8 cm³/mol. The van der Waals surface area contributed by atoms with E-state index < -0.39 is 69.5 Å². The number of anilines is 2. The van der Waals surface area contributed by atoms with Gasteiger partial charge in [0.1, 0.15) is 11.4 Å². The van der Waals surface area contributed by atoms with Gasteiger partial charge < -0.3 is 37.4 Å². The van der Waals surface area contributed by atoms with Crippen LogP contribution < -0.4 is 15.5 Å². The minimum absolute atomic E-state index is 0. The summed E-state index contributed by atoms with van der Waals surface area (Å²) in [5, 5.41) is 4.14. The zero-order valence-corrected chi connectivity index (χ0v) is 19.8. The Morgan fingerprint density at radius 3 is 0.886 bits per heavy atom. The van der Waals surface area contributed by atoms with E-state index >= 15 is 0 Å². The first-order chi connectivity index (χ1) is 14.0. The molecule has 0 aliphatic heterocycles. The van der Waals surface area contributed by atoms with Crippen molar-refractivity contribution in [2.24, 2.45) is 0 Å². The molecule has 0 amide bonds. The molecule has 18 heteroatoms. The Labute approximate surface area is 205 Å². The first-order valence-corrected chi connectivity index (χ1v) is 8.30. The number of likely N-dealkylation sites (N-methyl/N-ethyl adjacent to an activating group) is 1. The Kier molecular flexibility index (Phi) is 18.8. The van der Waals surface area contributed by atoms with Crippen molar-refractivity contribution in [2.75, 3.05) is 43.9 Å². The van der Waals surface area contributed by atoms with Gasteiger partial charge in [-0.1, -0.05) is 0 Å². The van der Waals surface area contributed by atoms with Crippen LogP contribution >= 0.6 is 0 Å². The van der Waals surface area contributed by atoms with Crippen LogP contribution in [-0.4, -0.2) is 33.2 Å². The van der Waals surface area contributed by atoms with Gasteiger partial charge in [-0.2, -0.15) is 0 Å². The molecule has 0 aromatic heterocycles. The van der Waals surface area contributed by atoms with Crippen LogP contribution in [0.4, 0.5) is 55.3 Å². The van der Waals surface area contributed by atoms with Gasteiger partial charge in [-0.3, -0.25) is 0 Å². The first-order valence-electron chi connectivity index (χ1n) is 8.30. The average Bonchev–Trinajstić information content (AvgIpc) is 2.72. The molecular weight excluding hydrogens is 686 g/mol. The van der Waals surface area contributed by atoms with Crippen molar-refractivity contribution in [3.05, 3.63) is 58.2 Å². The third kappa shape index (κ3) is 8.45. The number of benzene rings is 2. The van der Waals surface area contributed by atoms with Gasteiger partial charge in [-0.15, -0.1) is 0 Å². The second-order valence-electron chi connectivity index (χ2n) is 6.20. The number of halogens is 10. The monoisotopic (exact) mass is 701 g/mol. The maximum Gasteiger partial charge on any atom is 0.200 e. The van der Waals surface area contributed by atoms with Gasteiger partial charge >= 0.3 is 0 Å². The molecule has 0 spiro atoms. The summed E-state index contributed by atoms with van der Waals surface area (Å²) < 4.78 is 132. The summed E-state index contributed by atoms with van der Waals surface area (Å²) in [4.78, 5) is 0.530. The number of rotatable bonds is 8. The molecule has 7 nitrogen and oxygen atoms in total. The summed E-state index contributed by atoms with van der Waals surface area (Å²) in [7, 11) is 1.50. The molecule has 2 aromatic rings. The van der Waals surface area contributed by atoms with Crippen LogP contribution in [0.1, 0.15) is 0 Å². The van der Waals surface area contributed by atoms with E-state index in [1.807, 2.05) is 0 Å². The number of nitrogens with one attached hydrogen (secondary N) is 3. The zero-order chi connectivity index (χ0) is 22.7. The van der Waals surface area contributed by atoms with Gasteiger partial charge in [-0.05, 0) is 0 Å². The van der Waals surface area contributed by atoms with E-state index in [4.69, 9.17) is 0 Å². The average molecular weight is 701 g/mol. The maximum absolute atomic E-state index is 13.5. The summed E-state index contributed by atoms with van der Waals surface area (Å²) in [5.74, 6) is -21.1. The van der Waals surface area contributed by atoms with Gasteiger partial charge in [0.2, 0.25) is 11.6 Å². The standard InChI is InChI=1S/C17H13F10N3.4O.Re/c1-30(4-2-28-16-12(24)8(20)6(18)9(21)13(16)25)5-3-29-17-14(26)10(22)7(19)11(23)15(17)27;;;;;/h28-29H,2-5H2,1H3;;;;;/q;4*-2;/p+1. The Hall–Kier alpha value is -2.20. The molecule has 0 saturated carbocycles. The summed E-state index contributed by atoms with van der Waals surface area (Å²) in [6.45, 7) is -0.435. The van der Waals surface area contributed by atoms with E-state index in [-0.39, 0.29) is 68.5 Å². The molecule has 0 heterocycles. The van der Waals surface area contributed by atoms with E-state index in [0.29, 0.717) is 4.90 Å². The summed E-state index contributed by atoms with van der Waals surface area (Å²) >= 11 is 0. The fourth-order valence-corrected chi connectivity index (χ4v) is 2.45. The van der Waals surface area contributed by atoms with Gasteiger partial charge in [0, 0.05) is 20.4 Å². The van der Waals surface area contributed by atoms with Crippen LogP contribution in [0, 0.1) is 58.2 Å². The van der Waals surface area contributed by atoms with E-state index in [9.17, 15) is 43.9 Å². The van der Waals surface area contributed by atoms with Crippen LogP contribution in [0.2, 0.25) is 0 Å². The third-order valence-corrected chi connectivity index (χ3v) is 4.13. The Morgan fingerprint density at radius 2 is 0.657 bits per heavy atom. The van der Waals surface area contributed by atoms with Crippen molar-refractivity contribution in [2.45, 2.75) is 0 Å². The quantitative estimate of drug-likeness (QED) is 0.221. The van der Waals surface area contributed by atoms with Crippen molar-refractivity contribution >= 4 is 11.4 Å². The molecule has 35 heavy (non-hydrogen) atoms. The molecule has 2 rings (SSSR count). The predicted octanol–water partition coefficient (Wildman–Crippen LogP) is 2.64. The molecule has 205 valence electrons. The van der Waals surface area contributed by atoms with E-state index in [2.05, 4.69) is 10.6 Å². The van der Waals surface area contributed by atoms with E-state index in [0.717, 1.165) is 0 Å². The summed E-state index contributed by atoms with van der Waals surface area (Å²) in [5.41, 5.74) is -2.42. The minimum atomic E-state index is -2.29. The van der Waals surface area contributed by atoms with Crippen molar-refractivity contribution in [1.82, 2.24) is 0 Å². The molecular formula is C17H14F10N3O4Re-7. The largest absolute Gasteiger partial charge is 2.00 e. The fraction of sp³-hybridized carbons (Fsp3) is 0.294. The SMILES string of the molecule is C[NH+](CCNc1c(F)c(F)c(F)c(F)c1F)CCNc1c(F)c(F)c(F)c(F)c1F.[O-2].[O-2].[O-2].[O-2].[Re]. The molecule has 0 unspecified atom stereocenters. The Morgan fingerprint density at radius 1 is 0.457 bits per heavy atom. The molecule has 0 saturated heterocycles. The maximum atomic E-state index is 13.5. The van der Waals surface area contributed by atoms with E-state index in [1.165, 1.54) is 7.05 Å². The fourth-order valence-electron chi connectivity index (χ4n) is 2.45. The molecule has 1 radical (unpaired) electrons. The molecule has 0 aliphatic rings. The first kappa shape index (κ1) is 40.0. The smallest absolute Gasteiger partial charge is 0.200 e. The van der Waals surface area contributed by atoms with Gasteiger partial charge in [0.15, 0.2) is 46.5 Å². The third-order valence-electron chi connectivity index (χ3n) is 4.13. The molecule has 0 bridgehead atoms. The number of hydrogen-bond acceptors (Lipinski definition) is 2. The van der Waals surface area contributed by atoms with Crippen molar-refractivity contribution < 1.29 is 91.1 Å². The molecule has 3 N–H and O–H groups in total.